The molecule has 35 heavy (non-hydrogen) atoms. The summed E-state index contributed by atoms with van der Waals surface area (Å²) < 4.78 is 30.0. The first-order chi connectivity index (χ1) is 17.0. The second-order valence-corrected chi connectivity index (χ2v) is 8.34. The number of carbonyl (C=O) groups excluding carboxylic acids is 1. The van der Waals surface area contributed by atoms with Crippen molar-refractivity contribution in [3.63, 3.8) is 0 Å². The smallest absolute Gasteiger partial charge is 0.257 e. The number of aryl methyl sites for hydroxylation is 1. The summed E-state index contributed by atoms with van der Waals surface area (Å²) >= 11 is 0. The molecule has 1 amide bonds. The van der Waals surface area contributed by atoms with Crippen molar-refractivity contribution in [2.75, 3.05) is 25.4 Å². The fraction of sp³-hybridized carbons (Fsp3) is 0.308. The molecule has 3 heterocycles. The Bertz CT molecular complexity index is 1250. The van der Waals surface area contributed by atoms with Crippen LogP contribution in [0.5, 0.6) is 0 Å². The van der Waals surface area contributed by atoms with Crippen LogP contribution in [0, 0.1) is 29.4 Å². The second-order valence-electron chi connectivity index (χ2n) is 8.34. The molecule has 1 aliphatic heterocycles. The molecule has 0 aliphatic carbocycles. The minimum absolute atomic E-state index is 0.173. The van der Waals surface area contributed by atoms with Gasteiger partial charge in [-0.25, -0.2) is 23.7 Å². The van der Waals surface area contributed by atoms with E-state index in [0.29, 0.717) is 35.6 Å². The zero-order chi connectivity index (χ0) is 24.8. The third-order valence-electron chi connectivity index (χ3n) is 5.93. The van der Waals surface area contributed by atoms with Crippen LogP contribution in [-0.4, -0.2) is 40.5 Å². The van der Waals surface area contributed by atoms with Crippen molar-refractivity contribution in [3.8, 4) is 23.1 Å². The second kappa shape index (κ2) is 11.0. The number of anilines is 1. The summed E-state index contributed by atoms with van der Waals surface area (Å²) in [5.74, 6) is 3.97. The maximum Gasteiger partial charge on any atom is 0.257 e. The summed E-state index contributed by atoms with van der Waals surface area (Å²) in [4.78, 5) is 25.1. The molecule has 3 aromatic rings. The highest BCUT2D eigenvalue weighted by Gasteiger charge is 2.22. The van der Waals surface area contributed by atoms with Gasteiger partial charge in [0.1, 0.15) is 29.3 Å². The number of piperidine rings is 1. The van der Waals surface area contributed by atoms with Crippen molar-refractivity contribution in [3.05, 3.63) is 70.8 Å². The molecule has 1 aromatic carbocycles. The minimum Gasteiger partial charge on any atom is -0.384 e. The van der Waals surface area contributed by atoms with E-state index in [-0.39, 0.29) is 17.2 Å². The van der Waals surface area contributed by atoms with Gasteiger partial charge in [0.05, 0.1) is 17.0 Å². The number of nitrogens with one attached hydrogen (secondary N) is 2. The van der Waals surface area contributed by atoms with Gasteiger partial charge in [-0.05, 0) is 62.5 Å². The van der Waals surface area contributed by atoms with E-state index in [1.54, 1.807) is 12.1 Å². The number of nitrogens with zero attached hydrogens (tertiary/aromatic N) is 3. The van der Waals surface area contributed by atoms with Gasteiger partial charge < -0.3 is 16.4 Å². The zero-order valence-corrected chi connectivity index (χ0v) is 19.4. The predicted molar refractivity (Wildman–Crippen MR) is 129 cm³/mol. The van der Waals surface area contributed by atoms with Gasteiger partial charge in [0.2, 0.25) is 0 Å². The van der Waals surface area contributed by atoms with Gasteiger partial charge in [0, 0.05) is 23.9 Å². The lowest BCUT2D eigenvalue weighted by Crippen LogP contribution is -2.36. The van der Waals surface area contributed by atoms with Crippen molar-refractivity contribution >= 4 is 11.7 Å². The molecule has 0 bridgehead atoms. The van der Waals surface area contributed by atoms with Crippen LogP contribution >= 0.6 is 0 Å². The number of hydrogen-bond acceptors (Lipinski definition) is 6. The van der Waals surface area contributed by atoms with Gasteiger partial charge in [-0.3, -0.25) is 4.79 Å². The highest BCUT2D eigenvalue weighted by molar-refractivity contribution is 5.95. The Kier molecular flexibility index (Phi) is 7.63. The van der Waals surface area contributed by atoms with Crippen LogP contribution in [0.25, 0.3) is 11.3 Å². The molecule has 0 spiro atoms. The molecule has 2 aromatic heterocycles. The lowest BCUT2D eigenvalue weighted by molar-refractivity contribution is 0.0935. The van der Waals surface area contributed by atoms with E-state index in [0.717, 1.165) is 38.1 Å². The van der Waals surface area contributed by atoms with Crippen LogP contribution in [-0.2, 0) is 6.42 Å². The summed E-state index contributed by atoms with van der Waals surface area (Å²) in [6.07, 6.45) is 5.23. The average Bonchev–Trinajstić information content (AvgIpc) is 2.87. The molecule has 1 aliphatic rings. The number of aromatic nitrogens is 3. The molecule has 0 saturated carbocycles. The maximum absolute atomic E-state index is 15.0. The number of carbonyl (C=O) groups is 1. The quantitative estimate of drug-likeness (QED) is 0.489. The summed E-state index contributed by atoms with van der Waals surface area (Å²) in [5, 5.41) is 5.92. The minimum atomic E-state index is -0.957. The monoisotopic (exact) mass is 476 g/mol. The number of pyridine rings is 1. The molecule has 0 radical (unpaired) electrons. The number of nitrogen functional groups attached to an aromatic ring is 1. The molecule has 1 fully saturated rings. The summed E-state index contributed by atoms with van der Waals surface area (Å²) in [7, 11) is 0. The SMILES string of the molecule is CCc1ncnc(-c2cc(F)c(C(=O)NCC3CCNCC3)c(F)c2)c1C#Cc1ccc(N)nc1. The number of hydrogen-bond donors (Lipinski definition) is 3. The first-order valence-electron chi connectivity index (χ1n) is 11.5. The first kappa shape index (κ1) is 24.2. The van der Waals surface area contributed by atoms with Crippen molar-refractivity contribution in [2.24, 2.45) is 5.92 Å². The fourth-order valence-electron chi connectivity index (χ4n) is 3.99. The summed E-state index contributed by atoms with van der Waals surface area (Å²) in [5.41, 5.74) is 7.18. The first-order valence-corrected chi connectivity index (χ1v) is 11.5. The number of amides is 1. The van der Waals surface area contributed by atoms with Gasteiger partial charge in [-0.15, -0.1) is 0 Å². The van der Waals surface area contributed by atoms with Gasteiger partial charge >= 0.3 is 0 Å². The largest absolute Gasteiger partial charge is 0.384 e. The summed E-state index contributed by atoms with van der Waals surface area (Å²) in [6.45, 7) is 4.03. The lowest BCUT2D eigenvalue weighted by Gasteiger charge is -2.22. The van der Waals surface area contributed by atoms with Crippen LogP contribution in [0.15, 0.2) is 36.8 Å². The van der Waals surface area contributed by atoms with Crippen LogP contribution in [0.2, 0.25) is 0 Å². The summed E-state index contributed by atoms with van der Waals surface area (Å²) in [6, 6.07) is 5.58. The van der Waals surface area contributed by atoms with Crippen LogP contribution in [0.3, 0.4) is 0 Å². The van der Waals surface area contributed by atoms with Gasteiger partial charge in [-0.1, -0.05) is 18.8 Å². The van der Waals surface area contributed by atoms with E-state index in [2.05, 4.69) is 37.4 Å². The Morgan fingerprint density at radius 2 is 1.89 bits per heavy atom. The Morgan fingerprint density at radius 3 is 2.54 bits per heavy atom. The van der Waals surface area contributed by atoms with E-state index in [1.165, 1.54) is 12.5 Å². The normalized spacial score (nSPS) is 13.7. The third kappa shape index (κ3) is 5.78. The zero-order valence-electron chi connectivity index (χ0n) is 19.4. The highest BCUT2D eigenvalue weighted by Crippen LogP contribution is 2.27. The van der Waals surface area contributed by atoms with Gasteiger partial charge in [0.15, 0.2) is 0 Å². The van der Waals surface area contributed by atoms with E-state index in [4.69, 9.17) is 5.73 Å². The topological polar surface area (TPSA) is 106 Å². The van der Waals surface area contributed by atoms with Crippen molar-refractivity contribution in [1.29, 1.82) is 0 Å². The Hall–Kier alpha value is -3.90. The van der Waals surface area contributed by atoms with Crippen LogP contribution < -0.4 is 16.4 Å². The number of rotatable bonds is 5. The van der Waals surface area contributed by atoms with Crippen LogP contribution in [0.1, 0.15) is 46.9 Å². The number of nitrogens with two attached hydrogens (primary N) is 1. The van der Waals surface area contributed by atoms with E-state index >= 15 is 8.78 Å². The number of benzene rings is 1. The number of halogens is 2. The van der Waals surface area contributed by atoms with E-state index in [1.807, 2.05) is 6.92 Å². The Balaban J connectivity index is 1.64. The molecular weight excluding hydrogens is 450 g/mol. The predicted octanol–water partition coefficient (Wildman–Crippen LogP) is 3.09. The van der Waals surface area contributed by atoms with Gasteiger partial charge in [-0.2, -0.15) is 0 Å². The lowest BCUT2D eigenvalue weighted by atomic mass is 9.98. The molecule has 9 heteroatoms. The molecule has 0 atom stereocenters. The molecular formula is C26H26F2N6O. The van der Waals surface area contributed by atoms with Crippen molar-refractivity contribution in [2.45, 2.75) is 26.2 Å². The van der Waals surface area contributed by atoms with E-state index < -0.39 is 23.1 Å². The third-order valence-corrected chi connectivity index (χ3v) is 5.93. The molecule has 4 N–H and O–H groups in total. The fourth-order valence-corrected chi connectivity index (χ4v) is 3.99. The van der Waals surface area contributed by atoms with Gasteiger partial charge in [0.25, 0.3) is 5.91 Å². The molecule has 1 saturated heterocycles. The van der Waals surface area contributed by atoms with Crippen LogP contribution in [0.4, 0.5) is 14.6 Å². The standard InChI is InChI=1S/C26H26F2N6O/c1-2-22-19(5-3-16-4-6-23(29)31-13-16)25(34-15-33-22)18-11-20(27)24(21(28)12-18)26(35)32-14-17-7-9-30-10-8-17/h4,6,11-13,15,17,30H,2,7-10,14H2,1H3,(H2,29,31)(H,32,35). The highest BCUT2D eigenvalue weighted by atomic mass is 19.1. The van der Waals surface area contributed by atoms with Crippen molar-refractivity contribution < 1.29 is 13.6 Å². The van der Waals surface area contributed by atoms with Crippen molar-refractivity contribution in [1.82, 2.24) is 25.6 Å². The average molecular weight is 477 g/mol. The maximum atomic E-state index is 15.0. The molecule has 7 nitrogen and oxygen atoms in total. The van der Waals surface area contributed by atoms with E-state index in [9.17, 15) is 4.79 Å². The molecule has 180 valence electrons. The Labute approximate surface area is 202 Å². The molecule has 0 unspecified atom stereocenters. The Morgan fingerprint density at radius 1 is 1.14 bits per heavy atom. The molecule has 4 rings (SSSR count).